The maximum Gasteiger partial charge on any atom is 0.146 e. The molecule has 0 saturated heterocycles. The summed E-state index contributed by atoms with van der Waals surface area (Å²) >= 11 is 0. The van der Waals surface area contributed by atoms with E-state index in [-0.39, 0.29) is 0 Å². The highest BCUT2D eigenvalue weighted by Crippen LogP contribution is 2.41. The Hall–Kier alpha value is -5.67. The van der Waals surface area contributed by atoms with Crippen molar-refractivity contribution in [1.82, 2.24) is 14.0 Å². The zero-order valence-electron chi connectivity index (χ0n) is 22.6. The number of aromatic nitrogens is 3. The van der Waals surface area contributed by atoms with E-state index in [9.17, 15) is 0 Å². The summed E-state index contributed by atoms with van der Waals surface area (Å²) < 4.78 is 4.82. The molecule has 10 rings (SSSR count). The Bertz CT molecular complexity index is 2740. The van der Waals surface area contributed by atoms with E-state index in [2.05, 4.69) is 148 Å². The van der Waals surface area contributed by atoms with E-state index >= 15 is 0 Å². The number of nitrogens with zero attached hydrogens (tertiary/aromatic N) is 3. The third kappa shape index (κ3) is 2.77. The lowest BCUT2D eigenvalue weighted by atomic mass is 10.0. The van der Waals surface area contributed by atoms with Crippen LogP contribution in [0.4, 0.5) is 0 Å². The van der Waals surface area contributed by atoms with Crippen LogP contribution in [-0.4, -0.2) is 14.0 Å². The van der Waals surface area contributed by atoms with Crippen LogP contribution in [0.15, 0.2) is 140 Å². The molecule has 0 fully saturated rings. The molecule has 7 aromatic carbocycles. The van der Waals surface area contributed by atoms with Crippen LogP contribution >= 0.6 is 0 Å². The number of hydrogen-bond acceptors (Lipinski definition) is 1. The normalized spacial score (nSPS) is 12.3. The van der Waals surface area contributed by atoms with Gasteiger partial charge in [0.25, 0.3) is 0 Å². The van der Waals surface area contributed by atoms with Crippen LogP contribution in [0.25, 0.3) is 87.4 Å². The largest absolute Gasteiger partial charge is 0.309 e. The van der Waals surface area contributed by atoms with E-state index in [4.69, 9.17) is 4.98 Å². The lowest BCUT2D eigenvalue weighted by molar-refractivity contribution is 1.19. The first-order chi connectivity index (χ1) is 20.8. The van der Waals surface area contributed by atoms with Crippen LogP contribution in [-0.2, 0) is 0 Å². The topological polar surface area (TPSA) is 22.2 Å². The van der Waals surface area contributed by atoms with Crippen LogP contribution in [0.2, 0.25) is 0 Å². The summed E-state index contributed by atoms with van der Waals surface area (Å²) in [5.74, 6) is 0. The Morgan fingerprint density at radius 2 is 1.10 bits per heavy atom. The number of pyridine rings is 1. The standard InChI is InChI=1S/C39H23N3/c1-2-10-27-24(9-1)17-18-25-23-26(19-20-28(25)27)41-34-15-7-5-13-32(34)37-36(41)22-21-30-29-11-3-4-12-31(29)39-40-33-14-6-8-16-35(33)42(39)38(30)37/h1-23H. The summed E-state index contributed by atoms with van der Waals surface area (Å²) in [5, 5.41) is 11.2. The summed E-state index contributed by atoms with van der Waals surface area (Å²) in [7, 11) is 0. The Morgan fingerprint density at radius 3 is 2.00 bits per heavy atom. The molecule has 0 aliphatic rings. The van der Waals surface area contributed by atoms with E-state index < -0.39 is 0 Å². The number of rotatable bonds is 1. The Morgan fingerprint density at radius 1 is 0.429 bits per heavy atom. The summed E-state index contributed by atoms with van der Waals surface area (Å²) in [4.78, 5) is 5.16. The number of hydrogen-bond donors (Lipinski definition) is 0. The second-order valence-corrected chi connectivity index (χ2v) is 11.2. The average Bonchev–Trinajstić information content (AvgIpc) is 3.61. The summed E-state index contributed by atoms with van der Waals surface area (Å²) in [6, 6.07) is 50.6. The van der Waals surface area contributed by atoms with E-state index in [0.29, 0.717) is 0 Å². The Kier molecular flexibility index (Phi) is 4.18. The summed E-state index contributed by atoms with van der Waals surface area (Å²) in [5.41, 5.74) is 7.90. The molecule has 0 saturated carbocycles. The van der Waals surface area contributed by atoms with Crippen molar-refractivity contribution in [3.63, 3.8) is 0 Å². The van der Waals surface area contributed by atoms with E-state index in [1.807, 2.05) is 0 Å². The van der Waals surface area contributed by atoms with Crippen LogP contribution in [0.1, 0.15) is 0 Å². The average molecular weight is 534 g/mol. The van der Waals surface area contributed by atoms with E-state index in [0.717, 1.165) is 22.4 Å². The second kappa shape index (κ2) is 7.96. The minimum absolute atomic E-state index is 1.00. The predicted octanol–water partition coefficient (Wildman–Crippen LogP) is 10.2. The number of fused-ring (bicyclic) bond motifs is 15. The molecule has 0 spiro atoms. The molecule has 0 aliphatic heterocycles. The molecule has 3 heterocycles. The van der Waals surface area contributed by atoms with Crippen molar-refractivity contribution in [2.24, 2.45) is 0 Å². The molecule has 0 radical (unpaired) electrons. The van der Waals surface area contributed by atoms with E-state index in [1.165, 1.54) is 65.0 Å². The first kappa shape index (κ1) is 22.1. The van der Waals surface area contributed by atoms with Crippen molar-refractivity contribution >= 4 is 81.7 Å². The molecule has 10 aromatic rings. The molecule has 0 N–H and O–H groups in total. The first-order valence-corrected chi connectivity index (χ1v) is 14.4. The van der Waals surface area contributed by atoms with Gasteiger partial charge in [-0.3, -0.25) is 4.40 Å². The van der Waals surface area contributed by atoms with Gasteiger partial charge in [0.2, 0.25) is 0 Å². The molecule has 3 heteroatoms. The third-order valence-corrected chi connectivity index (χ3v) is 9.04. The first-order valence-electron chi connectivity index (χ1n) is 14.4. The molecule has 0 amide bonds. The van der Waals surface area contributed by atoms with Crippen LogP contribution in [0, 0.1) is 0 Å². The van der Waals surface area contributed by atoms with Crippen LogP contribution in [0.3, 0.4) is 0 Å². The Labute approximate surface area is 240 Å². The van der Waals surface area contributed by atoms with Gasteiger partial charge in [0.15, 0.2) is 0 Å². The molecule has 0 bridgehead atoms. The highest BCUT2D eigenvalue weighted by atomic mass is 15.0. The van der Waals surface area contributed by atoms with Crippen molar-refractivity contribution in [3.8, 4) is 5.69 Å². The van der Waals surface area contributed by atoms with Crippen molar-refractivity contribution in [3.05, 3.63) is 140 Å². The van der Waals surface area contributed by atoms with Gasteiger partial charge in [-0.15, -0.1) is 0 Å². The van der Waals surface area contributed by atoms with Crippen LogP contribution < -0.4 is 0 Å². The molecule has 194 valence electrons. The van der Waals surface area contributed by atoms with Gasteiger partial charge < -0.3 is 4.57 Å². The van der Waals surface area contributed by atoms with Gasteiger partial charge in [0.1, 0.15) is 5.65 Å². The monoisotopic (exact) mass is 533 g/mol. The molecule has 42 heavy (non-hydrogen) atoms. The SMILES string of the molecule is c1ccc2c(c1)ccc1cc(-n3c4ccccc4c4c3ccc3c5ccccc5c5nc6ccccc6n5c34)ccc12. The number of para-hydroxylation sites is 3. The fourth-order valence-corrected chi connectivity index (χ4v) is 7.26. The molecule has 0 aliphatic carbocycles. The number of imidazole rings is 1. The molecular weight excluding hydrogens is 510 g/mol. The van der Waals surface area contributed by atoms with E-state index in [1.54, 1.807) is 0 Å². The molecule has 0 unspecified atom stereocenters. The lowest BCUT2D eigenvalue weighted by Gasteiger charge is -2.13. The summed E-state index contributed by atoms with van der Waals surface area (Å²) in [6.07, 6.45) is 0. The maximum absolute atomic E-state index is 5.16. The predicted molar refractivity (Wildman–Crippen MR) is 177 cm³/mol. The summed E-state index contributed by atoms with van der Waals surface area (Å²) in [6.45, 7) is 0. The highest BCUT2D eigenvalue weighted by Gasteiger charge is 2.20. The minimum atomic E-state index is 1.00. The van der Waals surface area contributed by atoms with Crippen molar-refractivity contribution < 1.29 is 0 Å². The Balaban J connectivity index is 1.41. The van der Waals surface area contributed by atoms with Gasteiger partial charge in [-0.2, -0.15) is 0 Å². The van der Waals surface area contributed by atoms with Crippen molar-refractivity contribution in [1.29, 1.82) is 0 Å². The fraction of sp³-hybridized carbons (Fsp3) is 0. The van der Waals surface area contributed by atoms with Crippen molar-refractivity contribution in [2.45, 2.75) is 0 Å². The van der Waals surface area contributed by atoms with Gasteiger partial charge in [-0.05, 0) is 63.3 Å². The van der Waals surface area contributed by atoms with Crippen LogP contribution in [0.5, 0.6) is 0 Å². The van der Waals surface area contributed by atoms with Gasteiger partial charge in [0, 0.05) is 27.2 Å². The van der Waals surface area contributed by atoms with Gasteiger partial charge in [-0.1, -0.05) is 103 Å². The fourth-order valence-electron chi connectivity index (χ4n) is 7.26. The number of benzene rings is 7. The molecule has 3 aromatic heterocycles. The zero-order valence-corrected chi connectivity index (χ0v) is 22.6. The quantitative estimate of drug-likeness (QED) is 0.192. The third-order valence-electron chi connectivity index (χ3n) is 9.04. The van der Waals surface area contributed by atoms with Gasteiger partial charge >= 0.3 is 0 Å². The van der Waals surface area contributed by atoms with Gasteiger partial charge in [-0.25, -0.2) is 4.98 Å². The molecular formula is C39H23N3. The smallest absolute Gasteiger partial charge is 0.146 e. The molecule has 0 atom stereocenters. The second-order valence-electron chi connectivity index (χ2n) is 11.2. The minimum Gasteiger partial charge on any atom is -0.309 e. The molecule has 3 nitrogen and oxygen atoms in total. The maximum atomic E-state index is 5.16. The highest BCUT2D eigenvalue weighted by molar-refractivity contribution is 6.26. The van der Waals surface area contributed by atoms with Gasteiger partial charge in [0.05, 0.1) is 27.6 Å². The van der Waals surface area contributed by atoms with Crippen molar-refractivity contribution in [2.75, 3.05) is 0 Å². The zero-order chi connectivity index (χ0) is 27.4. The lowest BCUT2D eigenvalue weighted by Crippen LogP contribution is -1.95.